The summed E-state index contributed by atoms with van der Waals surface area (Å²) in [6, 6.07) is 8.18. The van der Waals surface area contributed by atoms with Crippen LogP contribution in [-0.2, 0) is 0 Å². The number of benzene rings is 1. The highest BCUT2D eigenvalue weighted by atomic mass is 35.5. The van der Waals surface area contributed by atoms with Gasteiger partial charge >= 0.3 is 0 Å². The van der Waals surface area contributed by atoms with Gasteiger partial charge in [0.2, 0.25) is 0 Å². The third-order valence-corrected chi connectivity index (χ3v) is 5.16. The van der Waals surface area contributed by atoms with E-state index in [-0.39, 0.29) is 5.91 Å². The van der Waals surface area contributed by atoms with Crippen molar-refractivity contribution in [1.82, 2.24) is 15.0 Å². The summed E-state index contributed by atoms with van der Waals surface area (Å²) in [7, 11) is 0. The van der Waals surface area contributed by atoms with Gasteiger partial charge in [0.25, 0.3) is 5.91 Å². The van der Waals surface area contributed by atoms with Gasteiger partial charge in [-0.25, -0.2) is 0 Å². The summed E-state index contributed by atoms with van der Waals surface area (Å²) in [6.45, 7) is 10.6. The van der Waals surface area contributed by atoms with E-state index >= 15 is 0 Å². The van der Waals surface area contributed by atoms with Crippen molar-refractivity contribution in [2.75, 3.05) is 19.6 Å². The molecule has 0 aliphatic carbocycles. The monoisotopic (exact) mass is 361 g/mol. The highest BCUT2D eigenvalue weighted by Gasteiger charge is 2.32. The first-order valence-electron chi connectivity index (χ1n) is 8.66. The fourth-order valence-electron chi connectivity index (χ4n) is 3.54. The normalized spacial score (nSPS) is 18.8. The van der Waals surface area contributed by atoms with Gasteiger partial charge in [-0.15, -0.1) is 0 Å². The smallest absolute Gasteiger partial charge is 0.259 e. The van der Waals surface area contributed by atoms with Crippen LogP contribution in [0.2, 0.25) is 5.02 Å². The Balaban J connectivity index is 1.89. The predicted octanol–water partition coefficient (Wildman–Crippen LogP) is 3.86. The molecule has 134 valence electrons. The molecule has 0 radical (unpaired) electrons. The zero-order chi connectivity index (χ0) is 18.1. The molecule has 0 saturated carbocycles. The van der Waals surface area contributed by atoms with Crippen LogP contribution in [0.3, 0.4) is 0 Å². The second-order valence-corrected chi connectivity index (χ2v) is 7.28. The van der Waals surface area contributed by atoms with E-state index in [1.54, 1.807) is 13.0 Å². The number of nitrogens with zero attached hydrogens (tertiary/aromatic N) is 3. The molecule has 2 aromatic rings. The highest BCUT2D eigenvalue weighted by molar-refractivity contribution is 6.33. The van der Waals surface area contributed by atoms with Gasteiger partial charge in [0.05, 0.1) is 5.02 Å². The maximum Gasteiger partial charge on any atom is 0.259 e. The van der Waals surface area contributed by atoms with Crippen molar-refractivity contribution in [3.8, 4) is 11.3 Å². The Morgan fingerprint density at radius 2 is 2.04 bits per heavy atom. The molecule has 0 spiro atoms. The van der Waals surface area contributed by atoms with E-state index in [1.165, 1.54) is 0 Å². The fourth-order valence-corrected chi connectivity index (χ4v) is 3.77. The number of carbonyl (C=O) groups is 1. The van der Waals surface area contributed by atoms with Gasteiger partial charge in [-0.3, -0.25) is 9.69 Å². The average Bonchev–Trinajstić information content (AvgIpc) is 2.95. The molecule has 1 fully saturated rings. The van der Waals surface area contributed by atoms with E-state index in [1.807, 2.05) is 23.1 Å². The number of aryl methyl sites for hydroxylation is 1. The predicted molar refractivity (Wildman–Crippen MR) is 98.9 cm³/mol. The maximum atomic E-state index is 13.2. The van der Waals surface area contributed by atoms with Crippen molar-refractivity contribution in [2.45, 2.75) is 39.8 Å². The van der Waals surface area contributed by atoms with Gasteiger partial charge in [0.1, 0.15) is 17.0 Å². The summed E-state index contributed by atoms with van der Waals surface area (Å²) >= 11 is 6.29. The molecule has 6 heteroatoms. The molecule has 0 unspecified atom stereocenters. The number of hydrogen-bond acceptors (Lipinski definition) is 4. The average molecular weight is 362 g/mol. The Kier molecular flexibility index (Phi) is 5.16. The lowest BCUT2D eigenvalue weighted by Gasteiger charge is -2.42. The summed E-state index contributed by atoms with van der Waals surface area (Å²) in [4.78, 5) is 17.5. The molecule has 1 aliphatic rings. The van der Waals surface area contributed by atoms with Gasteiger partial charge in [-0.2, -0.15) is 0 Å². The minimum atomic E-state index is -0.0380. The van der Waals surface area contributed by atoms with Crippen LogP contribution in [0.5, 0.6) is 0 Å². The Bertz CT molecular complexity index is 772. The SMILES string of the molecule is Cc1onc(-c2ccccc2Cl)c1C(=O)N1CCN(C(C)C)[C@H](C)C1. The molecule has 25 heavy (non-hydrogen) atoms. The van der Waals surface area contributed by atoms with E-state index in [0.29, 0.717) is 47.2 Å². The number of amides is 1. The number of rotatable bonds is 3. The van der Waals surface area contributed by atoms with Gasteiger partial charge < -0.3 is 9.42 Å². The lowest BCUT2D eigenvalue weighted by molar-refractivity contribution is 0.0425. The second-order valence-electron chi connectivity index (χ2n) is 6.87. The van der Waals surface area contributed by atoms with Crippen molar-refractivity contribution in [1.29, 1.82) is 0 Å². The molecule has 1 aliphatic heterocycles. The quantitative estimate of drug-likeness (QED) is 0.833. The van der Waals surface area contributed by atoms with Crippen molar-refractivity contribution in [3.05, 3.63) is 40.6 Å². The molecule has 1 saturated heterocycles. The zero-order valence-corrected chi connectivity index (χ0v) is 15.9. The lowest BCUT2D eigenvalue weighted by atomic mass is 10.0. The molecule has 2 heterocycles. The molecule has 0 bridgehead atoms. The van der Waals surface area contributed by atoms with Crippen molar-refractivity contribution >= 4 is 17.5 Å². The number of aromatic nitrogens is 1. The first kappa shape index (κ1) is 18.0. The molecule has 1 amide bonds. The number of halogens is 1. The highest BCUT2D eigenvalue weighted by Crippen LogP contribution is 2.32. The van der Waals surface area contributed by atoms with E-state index in [4.69, 9.17) is 16.1 Å². The van der Waals surface area contributed by atoms with Crippen molar-refractivity contribution < 1.29 is 9.32 Å². The second kappa shape index (κ2) is 7.18. The van der Waals surface area contributed by atoms with E-state index in [2.05, 4.69) is 30.8 Å². The van der Waals surface area contributed by atoms with Crippen LogP contribution in [0, 0.1) is 6.92 Å². The first-order chi connectivity index (χ1) is 11.9. The van der Waals surface area contributed by atoms with Crippen LogP contribution < -0.4 is 0 Å². The summed E-state index contributed by atoms with van der Waals surface area (Å²) in [5, 5.41) is 4.67. The summed E-state index contributed by atoms with van der Waals surface area (Å²) in [6.07, 6.45) is 0. The Labute approximate surface area is 153 Å². The van der Waals surface area contributed by atoms with Gasteiger partial charge in [-0.05, 0) is 33.8 Å². The van der Waals surface area contributed by atoms with E-state index in [9.17, 15) is 4.79 Å². The summed E-state index contributed by atoms with van der Waals surface area (Å²) in [5.41, 5.74) is 1.75. The third-order valence-electron chi connectivity index (χ3n) is 4.83. The van der Waals surface area contributed by atoms with Crippen LogP contribution >= 0.6 is 11.6 Å². The van der Waals surface area contributed by atoms with Crippen molar-refractivity contribution in [3.63, 3.8) is 0 Å². The number of carbonyl (C=O) groups excluding carboxylic acids is 1. The molecule has 1 aromatic carbocycles. The van der Waals surface area contributed by atoms with E-state index in [0.717, 1.165) is 12.1 Å². The third kappa shape index (κ3) is 3.44. The molecular formula is C19H24ClN3O2. The standard InChI is InChI=1S/C19H24ClN3O2/c1-12(2)23-10-9-22(11-13(23)3)19(24)17-14(4)25-21-18(17)15-7-5-6-8-16(15)20/h5-8,12-13H,9-11H2,1-4H3/t13-/m1/s1. The number of hydrogen-bond donors (Lipinski definition) is 0. The van der Waals surface area contributed by atoms with Crippen LogP contribution in [0.25, 0.3) is 11.3 Å². The van der Waals surface area contributed by atoms with Crippen LogP contribution in [0.4, 0.5) is 0 Å². The fraction of sp³-hybridized carbons (Fsp3) is 0.474. The Morgan fingerprint density at radius 1 is 1.32 bits per heavy atom. The molecule has 5 nitrogen and oxygen atoms in total. The lowest BCUT2D eigenvalue weighted by Crippen LogP contribution is -2.55. The van der Waals surface area contributed by atoms with E-state index < -0.39 is 0 Å². The minimum absolute atomic E-state index is 0.0380. The van der Waals surface area contributed by atoms with Gasteiger partial charge in [-0.1, -0.05) is 35.0 Å². The molecule has 1 aromatic heterocycles. The van der Waals surface area contributed by atoms with Gasteiger partial charge in [0, 0.05) is 37.3 Å². The molecule has 3 rings (SSSR count). The minimum Gasteiger partial charge on any atom is -0.360 e. The molecule has 1 atom stereocenters. The first-order valence-corrected chi connectivity index (χ1v) is 9.04. The molecule has 0 N–H and O–H groups in total. The topological polar surface area (TPSA) is 49.6 Å². The summed E-state index contributed by atoms with van der Waals surface area (Å²) < 4.78 is 5.34. The van der Waals surface area contributed by atoms with Crippen LogP contribution in [0.15, 0.2) is 28.8 Å². The van der Waals surface area contributed by atoms with Crippen LogP contribution in [0.1, 0.15) is 36.9 Å². The van der Waals surface area contributed by atoms with Crippen molar-refractivity contribution in [2.24, 2.45) is 0 Å². The van der Waals surface area contributed by atoms with Crippen LogP contribution in [-0.4, -0.2) is 52.6 Å². The molecular weight excluding hydrogens is 338 g/mol. The number of piperazine rings is 1. The largest absolute Gasteiger partial charge is 0.360 e. The zero-order valence-electron chi connectivity index (χ0n) is 15.1. The Hall–Kier alpha value is -1.85. The van der Waals surface area contributed by atoms with Gasteiger partial charge in [0.15, 0.2) is 0 Å². The summed E-state index contributed by atoms with van der Waals surface area (Å²) in [5.74, 6) is 0.489. The maximum absolute atomic E-state index is 13.2. The Morgan fingerprint density at radius 3 is 2.68 bits per heavy atom.